The molecule has 2 unspecified atom stereocenters. The maximum absolute atomic E-state index is 12.2. The van der Waals surface area contributed by atoms with Gasteiger partial charge in [-0.1, -0.05) is 49.6 Å². The van der Waals surface area contributed by atoms with Gasteiger partial charge < -0.3 is 36.3 Å². The van der Waals surface area contributed by atoms with Crippen molar-refractivity contribution in [3.05, 3.63) is 147 Å². The summed E-state index contributed by atoms with van der Waals surface area (Å²) in [6.07, 6.45) is 9.11. The molecule has 17 nitrogen and oxygen atoms in total. The number of nitrogens with zero attached hydrogens (tertiary/aromatic N) is 9. The third-order valence-electron chi connectivity index (χ3n) is 11.3. The summed E-state index contributed by atoms with van der Waals surface area (Å²) in [4.78, 5) is 40.6. The molecule has 4 aromatic heterocycles. The zero-order valence-corrected chi connectivity index (χ0v) is 38.5. The third-order valence-corrected chi connectivity index (χ3v) is 11.3. The van der Waals surface area contributed by atoms with E-state index in [4.69, 9.17) is 36.2 Å². The SMILES string of the molecule is C=CC(=O)N1CCCC(n2nc(-c3ccc(Oc4ccccc4)cc3)c3c(N)ncnc32)C1.C=CC(=O)O.Nc1ncnc2c1c(-c1ccc(Oc3ccccc3)cc1)nn2C1CCCNC1.[V]. The number of ether oxygens (including phenoxy) is 2. The molecule has 1 radical (unpaired) electrons. The number of hydrogen-bond acceptors (Lipinski definition) is 13. The van der Waals surface area contributed by atoms with E-state index in [0.717, 1.165) is 95.7 Å². The average molecular weight is 950 g/mol. The molecule has 6 N–H and O–H groups in total. The molecule has 0 saturated carbocycles. The second-order valence-corrected chi connectivity index (χ2v) is 15.7. The molecule has 0 aliphatic carbocycles. The van der Waals surface area contributed by atoms with Crippen LogP contribution in [0, 0.1) is 0 Å². The Hall–Kier alpha value is -7.86. The van der Waals surface area contributed by atoms with Crippen molar-refractivity contribution in [1.82, 2.24) is 49.7 Å². The van der Waals surface area contributed by atoms with Gasteiger partial charge in [-0.15, -0.1) is 0 Å². The van der Waals surface area contributed by atoms with Gasteiger partial charge in [0.15, 0.2) is 11.3 Å². The Labute approximate surface area is 404 Å². The third kappa shape index (κ3) is 11.2. The van der Waals surface area contributed by atoms with Crippen LogP contribution >= 0.6 is 0 Å². The molecule has 2 fully saturated rings. The summed E-state index contributed by atoms with van der Waals surface area (Å²) in [7, 11) is 0. The molecule has 2 aliphatic rings. The number of carbonyl (C=O) groups is 2. The van der Waals surface area contributed by atoms with E-state index in [9.17, 15) is 9.59 Å². The van der Waals surface area contributed by atoms with E-state index < -0.39 is 5.97 Å². The number of carboxylic acids is 1. The van der Waals surface area contributed by atoms with Crippen LogP contribution < -0.4 is 26.3 Å². The maximum atomic E-state index is 12.2. The van der Waals surface area contributed by atoms with Crippen LogP contribution in [0.25, 0.3) is 44.6 Å². The van der Waals surface area contributed by atoms with Crippen LogP contribution in [0.1, 0.15) is 37.8 Å². The number of nitrogens with one attached hydrogen (secondary N) is 1. The second kappa shape index (κ2) is 22.6. The average Bonchev–Trinajstić information content (AvgIpc) is 3.97. The Morgan fingerprint density at radius 1 is 0.647 bits per heavy atom. The second-order valence-electron chi connectivity index (χ2n) is 15.7. The minimum absolute atomic E-state index is 0. The Morgan fingerprint density at radius 2 is 1.10 bits per heavy atom. The zero-order valence-electron chi connectivity index (χ0n) is 37.1. The number of anilines is 2. The number of nitrogens with two attached hydrogens (primary N) is 2. The first kappa shape index (κ1) is 48.1. The first-order valence-corrected chi connectivity index (χ1v) is 21.8. The number of nitrogen functional groups attached to an aromatic ring is 2. The van der Waals surface area contributed by atoms with Gasteiger partial charge in [-0.2, -0.15) is 10.2 Å². The largest absolute Gasteiger partial charge is 0.478 e. The van der Waals surface area contributed by atoms with Crippen LogP contribution in [0.15, 0.2) is 147 Å². The van der Waals surface area contributed by atoms with Crippen molar-refractivity contribution in [1.29, 1.82) is 0 Å². The van der Waals surface area contributed by atoms with Gasteiger partial charge in [0.05, 0.1) is 22.9 Å². The standard InChI is InChI=1S/C25H24N6O2.C22H22N6O.C3H4O2.V/c1-2-21(32)30-14-6-7-18(15-30)31-25-22(24(26)27-16-28-25)23(29-31)17-10-12-20(13-11-17)33-19-8-4-3-5-9-19;23-21-19-20(15-8-10-18(11-9-15)29-17-6-2-1-3-7-17)27-28(22(19)26-14-25-21)16-5-4-12-24-13-16;1-2-3(4)5;/h2-5,8-13,16,18H,1,6-7,14-15H2,(H2,26,27,28);1-3,6-11,14,16,24H,4-5,12-13H2,(H2,23,25,26);2H,1H2,(H,4,5);. The van der Waals surface area contributed by atoms with Crippen LogP contribution in [0.3, 0.4) is 0 Å². The molecule has 8 aromatic rings. The zero-order chi connectivity index (χ0) is 46.7. The summed E-state index contributed by atoms with van der Waals surface area (Å²) in [5.74, 6) is 2.84. The molecule has 1 amide bonds. The van der Waals surface area contributed by atoms with Crippen molar-refractivity contribution in [3.8, 4) is 45.5 Å². The van der Waals surface area contributed by atoms with E-state index >= 15 is 0 Å². The Kier molecular flexibility index (Phi) is 16.0. The van der Waals surface area contributed by atoms with Crippen molar-refractivity contribution in [2.75, 3.05) is 37.6 Å². The van der Waals surface area contributed by atoms with E-state index in [-0.39, 0.29) is 36.5 Å². The Bertz CT molecular complexity index is 2980. The summed E-state index contributed by atoms with van der Waals surface area (Å²) in [5.41, 5.74) is 17.3. The first-order valence-electron chi connectivity index (χ1n) is 21.8. The van der Waals surface area contributed by atoms with E-state index in [0.29, 0.717) is 41.5 Å². The normalized spacial score (nSPS) is 15.4. The van der Waals surface area contributed by atoms with Crippen LogP contribution in [0.2, 0.25) is 0 Å². The molecular weight excluding hydrogens is 900 g/mol. The number of aliphatic carboxylic acids is 1. The van der Waals surface area contributed by atoms with Crippen LogP contribution in [0.5, 0.6) is 23.0 Å². The fraction of sp³-hybridized carbons (Fsp3) is 0.200. The maximum Gasteiger partial charge on any atom is 0.327 e. The quantitative estimate of drug-likeness (QED) is 0.0947. The van der Waals surface area contributed by atoms with Gasteiger partial charge >= 0.3 is 5.97 Å². The Morgan fingerprint density at radius 3 is 1.54 bits per heavy atom. The van der Waals surface area contributed by atoms with Crippen molar-refractivity contribution in [3.63, 3.8) is 0 Å². The van der Waals surface area contributed by atoms with Gasteiger partial charge in [0.25, 0.3) is 0 Å². The number of likely N-dealkylation sites (tertiary alicyclic amines) is 1. The van der Waals surface area contributed by atoms with Crippen LogP contribution in [-0.2, 0) is 28.1 Å². The fourth-order valence-electron chi connectivity index (χ4n) is 8.04. The first-order chi connectivity index (χ1) is 32.7. The minimum Gasteiger partial charge on any atom is -0.478 e. The predicted octanol–water partition coefficient (Wildman–Crippen LogP) is 8.26. The fourth-order valence-corrected chi connectivity index (χ4v) is 8.04. The Balaban J connectivity index is 0.000000182. The van der Waals surface area contributed by atoms with Crippen LogP contribution in [0.4, 0.5) is 11.6 Å². The number of carbonyl (C=O) groups excluding carboxylic acids is 1. The molecule has 6 heterocycles. The van der Waals surface area contributed by atoms with E-state index in [2.05, 4.69) is 38.4 Å². The smallest absolute Gasteiger partial charge is 0.327 e. The number of benzene rings is 4. The molecule has 2 atom stereocenters. The summed E-state index contributed by atoms with van der Waals surface area (Å²) >= 11 is 0. The number of hydrogen-bond donors (Lipinski definition) is 4. The van der Waals surface area contributed by atoms with Gasteiger partial charge in [-0.05, 0) is 111 Å². The summed E-state index contributed by atoms with van der Waals surface area (Å²) < 4.78 is 15.7. The monoisotopic (exact) mass is 949 g/mol. The molecule has 18 heteroatoms. The van der Waals surface area contributed by atoms with Crippen molar-refractivity contribution < 1.29 is 42.7 Å². The van der Waals surface area contributed by atoms with Crippen molar-refractivity contribution in [2.24, 2.45) is 0 Å². The van der Waals surface area contributed by atoms with Gasteiger partial charge in [0.1, 0.15) is 58.7 Å². The van der Waals surface area contributed by atoms with Crippen molar-refractivity contribution in [2.45, 2.75) is 37.8 Å². The van der Waals surface area contributed by atoms with E-state index in [1.165, 1.54) is 18.7 Å². The number of carboxylic acid groups (broad SMARTS) is 1. The van der Waals surface area contributed by atoms with Crippen molar-refractivity contribution >= 4 is 45.6 Å². The van der Waals surface area contributed by atoms with Gasteiger partial charge in [0, 0.05) is 55.4 Å². The molecule has 2 aliphatic heterocycles. The number of piperidine rings is 2. The van der Waals surface area contributed by atoms with Crippen LogP contribution in [-0.4, -0.2) is 87.6 Å². The summed E-state index contributed by atoms with van der Waals surface area (Å²) in [6, 6.07) is 35.2. The molecule has 4 aromatic carbocycles. The van der Waals surface area contributed by atoms with Gasteiger partial charge in [-0.3, -0.25) is 4.79 Å². The molecule has 0 spiro atoms. The summed E-state index contributed by atoms with van der Waals surface area (Å²) in [6.45, 7) is 9.76. The topological polar surface area (TPSA) is 227 Å². The molecule has 0 bridgehead atoms. The molecular formula is C50H50N12O5V. The number of para-hydroxylation sites is 2. The minimum atomic E-state index is -0.981. The molecule has 68 heavy (non-hydrogen) atoms. The number of amides is 1. The summed E-state index contributed by atoms with van der Waals surface area (Å²) in [5, 5.41) is 22.4. The number of aromatic nitrogens is 8. The van der Waals surface area contributed by atoms with Gasteiger partial charge in [-0.25, -0.2) is 34.1 Å². The van der Waals surface area contributed by atoms with E-state index in [1.54, 1.807) is 4.90 Å². The predicted molar refractivity (Wildman–Crippen MR) is 257 cm³/mol. The van der Waals surface area contributed by atoms with E-state index in [1.807, 2.05) is 119 Å². The number of rotatable bonds is 10. The molecule has 2 saturated heterocycles. The molecule has 10 rings (SSSR count). The number of fused-ring (bicyclic) bond motifs is 2. The van der Waals surface area contributed by atoms with Gasteiger partial charge in [0.2, 0.25) is 5.91 Å². The molecule has 345 valence electrons.